The number of carbonyl (C=O) groups is 1. The number of rotatable bonds is 7. The highest BCUT2D eigenvalue weighted by molar-refractivity contribution is 9.10. The monoisotopic (exact) mass is 440 g/mol. The number of hydrogen-bond acceptors (Lipinski definition) is 4. The Kier molecular flexibility index (Phi) is 7.29. The van der Waals surface area contributed by atoms with Crippen LogP contribution in [-0.2, 0) is 6.42 Å². The number of nitrogens with zero attached hydrogens (tertiary/aromatic N) is 2. The summed E-state index contributed by atoms with van der Waals surface area (Å²) < 4.78 is 6.54. The first-order chi connectivity index (χ1) is 12.6. The quantitative estimate of drug-likeness (QED) is 0.616. The number of benzene rings is 1. The van der Waals surface area contributed by atoms with Gasteiger partial charge in [-0.1, -0.05) is 34.6 Å². The van der Waals surface area contributed by atoms with Gasteiger partial charge >= 0.3 is 0 Å². The fraction of sp³-hybridized carbons (Fsp3) is 0.650. The molecule has 0 aliphatic carbocycles. The Bertz CT molecular complexity index is 620. The van der Waals surface area contributed by atoms with Gasteiger partial charge in [-0.3, -0.25) is 4.79 Å². The minimum Gasteiger partial charge on any atom is -0.497 e. The summed E-state index contributed by atoms with van der Waals surface area (Å²) in [4.78, 5) is 16.6. The van der Waals surface area contributed by atoms with E-state index in [1.165, 1.54) is 22.9 Å². The Labute approximate surface area is 169 Å². The van der Waals surface area contributed by atoms with Crippen molar-refractivity contribution in [2.45, 2.75) is 37.9 Å². The van der Waals surface area contributed by atoms with Gasteiger partial charge in [-0.05, 0) is 68.5 Å². The second-order valence-electron chi connectivity index (χ2n) is 7.36. The molecule has 6 heteroatoms. The van der Waals surface area contributed by atoms with Crippen LogP contribution in [0.4, 0.5) is 4.79 Å². The maximum atomic E-state index is 12.0. The van der Waals surface area contributed by atoms with Gasteiger partial charge in [0, 0.05) is 29.4 Å². The van der Waals surface area contributed by atoms with E-state index in [4.69, 9.17) is 4.74 Å². The molecule has 0 saturated carbocycles. The highest BCUT2D eigenvalue weighted by atomic mass is 79.9. The molecule has 2 aliphatic rings. The minimum atomic E-state index is 0.273. The van der Waals surface area contributed by atoms with E-state index in [9.17, 15) is 4.79 Å². The number of methoxy groups -OCH3 is 1. The van der Waals surface area contributed by atoms with Crippen LogP contribution in [-0.4, -0.2) is 60.1 Å². The molecule has 3 rings (SSSR count). The smallest absolute Gasteiger partial charge is 0.282 e. The Morgan fingerprint density at radius 2 is 2.08 bits per heavy atom. The Morgan fingerprint density at radius 1 is 1.31 bits per heavy atom. The van der Waals surface area contributed by atoms with Crippen molar-refractivity contribution in [3.63, 3.8) is 0 Å². The lowest BCUT2D eigenvalue weighted by atomic mass is 9.90. The van der Waals surface area contributed by atoms with Crippen LogP contribution in [0.5, 0.6) is 5.75 Å². The van der Waals surface area contributed by atoms with Gasteiger partial charge in [0.2, 0.25) is 0 Å². The number of piperidine rings is 1. The average molecular weight is 441 g/mol. The van der Waals surface area contributed by atoms with Gasteiger partial charge in [0.25, 0.3) is 5.24 Å². The predicted molar refractivity (Wildman–Crippen MR) is 112 cm³/mol. The molecule has 1 aromatic rings. The highest BCUT2D eigenvalue weighted by Gasteiger charge is 2.32. The van der Waals surface area contributed by atoms with Crippen LogP contribution >= 0.6 is 27.7 Å². The second kappa shape index (κ2) is 9.47. The number of ether oxygens (including phenoxy) is 1. The molecule has 0 bridgehead atoms. The van der Waals surface area contributed by atoms with Crippen molar-refractivity contribution in [2.75, 3.05) is 39.8 Å². The molecule has 0 spiro atoms. The normalized spacial score (nSPS) is 22.2. The number of hydrogen-bond donors (Lipinski definition) is 0. The maximum Gasteiger partial charge on any atom is 0.282 e. The number of likely N-dealkylation sites (tertiary alicyclic amines) is 1. The third kappa shape index (κ3) is 5.17. The number of halogens is 1. The summed E-state index contributed by atoms with van der Waals surface area (Å²) in [7, 11) is 1.72. The van der Waals surface area contributed by atoms with Crippen LogP contribution in [0.3, 0.4) is 0 Å². The van der Waals surface area contributed by atoms with Crippen molar-refractivity contribution in [3.05, 3.63) is 28.2 Å². The number of carbonyl (C=O) groups excluding carboxylic acids is 1. The first-order valence-electron chi connectivity index (χ1n) is 9.59. The van der Waals surface area contributed by atoms with E-state index in [0.29, 0.717) is 5.25 Å². The summed E-state index contributed by atoms with van der Waals surface area (Å²) in [5.41, 5.74) is 1.34. The van der Waals surface area contributed by atoms with Crippen LogP contribution in [0.1, 0.15) is 31.7 Å². The summed E-state index contributed by atoms with van der Waals surface area (Å²) >= 11 is 5.22. The Morgan fingerprint density at radius 3 is 2.77 bits per heavy atom. The van der Waals surface area contributed by atoms with E-state index >= 15 is 0 Å². The first kappa shape index (κ1) is 20.0. The van der Waals surface area contributed by atoms with Crippen LogP contribution < -0.4 is 4.74 Å². The maximum absolute atomic E-state index is 12.0. The molecular weight excluding hydrogens is 412 g/mol. The minimum absolute atomic E-state index is 0.273. The molecule has 1 aromatic carbocycles. The number of amides is 1. The van der Waals surface area contributed by atoms with Crippen molar-refractivity contribution in [2.24, 2.45) is 5.92 Å². The third-order valence-corrected chi connectivity index (χ3v) is 7.24. The standard InChI is InChI=1S/C20H29BrN2O2S/c1-3-8-23-14-18(26-20(23)24)13-22-9-6-15(7-10-22)11-16-12-17(25-2)4-5-19(16)21/h4-5,12,15,18H,3,6-11,13-14H2,1-2H3. The molecule has 0 N–H and O–H groups in total. The fourth-order valence-electron chi connectivity index (χ4n) is 3.93. The van der Waals surface area contributed by atoms with Crippen LogP contribution in [0.25, 0.3) is 0 Å². The van der Waals surface area contributed by atoms with Crippen molar-refractivity contribution in [1.29, 1.82) is 0 Å². The molecule has 0 aromatic heterocycles. The fourth-order valence-corrected chi connectivity index (χ4v) is 5.48. The SMILES string of the molecule is CCCN1CC(CN2CCC(Cc3cc(OC)ccc3Br)CC2)SC1=O. The zero-order valence-electron chi connectivity index (χ0n) is 15.7. The Hall–Kier alpha value is -0.720. The van der Waals surface area contributed by atoms with Gasteiger partial charge in [0.1, 0.15) is 5.75 Å². The van der Waals surface area contributed by atoms with Gasteiger partial charge in [-0.25, -0.2) is 0 Å². The molecule has 1 amide bonds. The number of thioether (sulfide) groups is 1. The molecule has 2 aliphatic heterocycles. The highest BCUT2D eigenvalue weighted by Crippen LogP contribution is 2.30. The van der Waals surface area contributed by atoms with Gasteiger partial charge in [0.15, 0.2) is 0 Å². The average Bonchev–Trinajstić information content (AvgIpc) is 2.98. The zero-order valence-corrected chi connectivity index (χ0v) is 18.2. The van der Waals surface area contributed by atoms with Gasteiger partial charge in [-0.15, -0.1) is 0 Å². The zero-order chi connectivity index (χ0) is 18.5. The van der Waals surface area contributed by atoms with E-state index in [1.807, 2.05) is 11.0 Å². The molecule has 1 atom stereocenters. The van der Waals surface area contributed by atoms with Crippen LogP contribution in [0.15, 0.2) is 22.7 Å². The molecule has 1 unspecified atom stereocenters. The molecule has 2 fully saturated rings. The lowest BCUT2D eigenvalue weighted by Crippen LogP contribution is -2.39. The van der Waals surface area contributed by atoms with Gasteiger partial charge in [0.05, 0.1) is 7.11 Å². The largest absolute Gasteiger partial charge is 0.497 e. The summed E-state index contributed by atoms with van der Waals surface area (Å²) in [6.45, 7) is 7.30. The van der Waals surface area contributed by atoms with Crippen molar-refractivity contribution >= 4 is 32.9 Å². The molecule has 0 radical (unpaired) electrons. The summed E-state index contributed by atoms with van der Waals surface area (Å²) in [6, 6.07) is 6.23. The van der Waals surface area contributed by atoms with Gasteiger partial charge < -0.3 is 14.5 Å². The lowest BCUT2D eigenvalue weighted by Gasteiger charge is -2.33. The van der Waals surface area contributed by atoms with Gasteiger partial charge in [-0.2, -0.15) is 0 Å². The summed E-state index contributed by atoms with van der Waals surface area (Å²) in [6.07, 6.45) is 4.61. The van der Waals surface area contributed by atoms with E-state index in [-0.39, 0.29) is 5.24 Å². The van der Waals surface area contributed by atoms with Crippen molar-refractivity contribution in [3.8, 4) is 5.75 Å². The lowest BCUT2D eigenvalue weighted by molar-refractivity contribution is 0.179. The predicted octanol–water partition coefficient (Wildman–Crippen LogP) is 4.66. The molecule has 2 saturated heterocycles. The van der Waals surface area contributed by atoms with E-state index in [0.717, 1.165) is 57.2 Å². The molecule has 4 nitrogen and oxygen atoms in total. The van der Waals surface area contributed by atoms with E-state index < -0.39 is 0 Å². The molecule has 2 heterocycles. The first-order valence-corrected chi connectivity index (χ1v) is 11.3. The molecule has 26 heavy (non-hydrogen) atoms. The second-order valence-corrected chi connectivity index (χ2v) is 9.46. The summed E-state index contributed by atoms with van der Waals surface area (Å²) in [5, 5.41) is 0.716. The topological polar surface area (TPSA) is 32.8 Å². The van der Waals surface area contributed by atoms with Crippen LogP contribution in [0, 0.1) is 5.92 Å². The third-order valence-electron chi connectivity index (χ3n) is 5.37. The van der Waals surface area contributed by atoms with E-state index in [1.54, 1.807) is 18.9 Å². The van der Waals surface area contributed by atoms with E-state index in [2.05, 4.69) is 39.9 Å². The molecule has 144 valence electrons. The molecular formula is C20H29BrN2O2S. The summed E-state index contributed by atoms with van der Waals surface area (Å²) in [5.74, 6) is 1.66. The Balaban J connectivity index is 1.45. The van der Waals surface area contributed by atoms with Crippen molar-refractivity contribution < 1.29 is 9.53 Å². The van der Waals surface area contributed by atoms with Crippen molar-refractivity contribution in [1.82, 2.24) is 9.80 Å². The van der Waals surface area contributed by atoms with Crippen LogP contribution in [0.2, 0.25) is 0 Å².